The Morgan fingerprint density at radius 1 is 1.05 bits per heavy atom. The van der Waals surface area contributed by atoms with Gasteiger partial charge in [-0.1, -0.05) is 12.1 Å². The molecular weight excluding hydrogens is 276 g/mol. The molecular formula is C13H16N4O2S. The van der Waals surface area contributed by atoms with Crippen molar-refractivity contribution in [1.82, 2.24) is 14.3 Å². The quantitative estimate of drug-likeness (QED) is 0.815. The van der Waals surface area contributed by atoms with Gasteiger partial charge in [0.1, 0.15) is 12.1 Å². The number of aromatic nitrogens is 2. The molecule has 0 atom stereocenters. The van der Waals surface area contributed by atoms with Gasteiger partial charge in [-0.15, -0.1) is 0 Å². The zero-order valence-electron chi connectivity index (χ0n) is 11.2. The predicted molar refractivity (Wildman–Crippen MR) is 78.2 cm³/mol. The fraction of sp³-hybridized carbons (Fsp3) is 0.385. The molecule has 0 bridgehead atoms. The van der Waals surface area contributed by atoms with E-state index >= 15 is 0 Å². The Kier molecular flexibility index (Phi) is 3.31. The number of hydrogen-bond acceptors (Lipinski definition) is 5. The van der Waals surface area contributed by atoms with Gasteiger partial charge in [0.25, 0.3) is 0 Å². The van der Waals surface area contributed by atoms with E-state index in [1.165, 1.54) is 10.6 Å². The molecule has 0 N–H and O–H groups in total. The number of nitrogens with zero attached hydrogens (tertiary/aromatic N) is 4. The summed E-state index contributed by atoms with van der Waals surface area (Å²) in [7, 11) is -3.10. The first-order valence-corrected chi connectivity index (χ1v) is 8.30. The Morgan fingerprint density at radius 2 is 1.75 bits per heavy atom. The van der Waals surface area contributed by atoms with Crippen LogP contribution in [-0.2, 0) is 10.0 Å². The molecule has 20 heavy (non-hydrogen) atoms. The summed E-state index contributed by atoms with van der Waals surface area (Å²) >= 11 is 0. The van der Waals surface area contributed by atoms with Crippen LogP contribution in [0.25, 0.3) is 10.9 Å². The number of sulfonamides is 1. The number of anilines is 1. The maximum Gasteiger partial charge on any atom is 0.211 e. The molecule has 1 aromatic heterocycles. The SMILES string of the molecule is CS(=O)(=O)N1CCN(c2ncnc3ccccc23)CC1. The smallest absolute Gasteiger partial charge is 0.211 e. The van der Waals surface area contributed by atoms with Gasteiger partial charge in [0, 0.05) is 31.6 Å². The zero-order valence-corrected chi connectivity index (χ0v) is 12.0. The molecule has 3 rings (SSSR count). The highest BCUT2D eigenvalue weighted by Gasteiger charge is 2.24. The van der Waals surface area contributed by atoms with E-state index in [4.69, 9.17) is 0 Å². The molecule has 7 heteroatoms. The standard InChI is InChI=1S/C13H16N4O2S/c1-20(18,19)17-8-6-16(7-9-17)13-11-4-2-3-5-12(11)14-10-15-13/h2-5,10H,6-9H2,1H3. The van der Waals surface area contributed by atoms with Crippen LogP contribution in [0.3, 0.4) is 0 Å². The first kappa shape index (κ1) is 13.3. The average molecular weight is 292 g/mol. The first-order chi connectivity index (χ1) is 9.55. The van der Waals surface area contributed by atoms with Gasteiger partial charge in [-0.2, -0.15) is 4.31 Å². The molecule has 1 fully saturated rings. The minimum Gasteiger partial charge on any atom is -0.353 e. The molecule has 2 aromatic rings. The van der Waals surface area contributed by atoms with E-state index in [1.807, 2.05) is 24.3 Å². The number of benzene rings is 1. The molecule has 1 aliphatic heterocycles. The maximum atomic E-state index is 11.5. The summed E-state index contributed by atoms with van der Waals surface area (Å²) in [5.41, 5.74) is 0.906. The summed E-state index contributed by atoms with van der Waals surface area (Å²) in [6.45, 7) is 2.29. The Hall–Kier alpha value is -1.73. The highest BCUT2D eigenvalue weighted by atomic mass is 32.2. The van der Waals surface area contributed by atoms with E-state index in [0.29, 0.717) is 26.2 Å². The molecule has 0 radical (unpaired) electrons. The van der Waals surface area contributed by atoms with E-state index in [1.54, 1.807) is 6.33 Å². The van der Waals surface area contributed by atoms with E-state index in [0.717, 1.165) is 16.7 Å². The van der Waals surface area contributed by atoms with Crippen molar-refractivity contribution in [3.8, 4) is 0 Å². The van der Waals surface area contributed by atoms with Gasteiger partial charge in [0.15, 0.2) is 0 Å². The van der Waals surface area contributed by atoms with Crippen molar-refractivity contribution in [3.63, 3.8) is 0 Å². The van der Waals surface area contributed by atoms with Gasteiger partial charge < -0.3 is 4.90 Å². The topological polar surface area (TPSA) is 66.4 Å². The molecule has 0 aliphatic carbocycles. The molecule has 106 valence electrons. The highest BCUT2D eigenvalue weighted by molar-refractivity contribution is 7.88. The second kappa shape index (κ2) is 4.99. The lowest BCUT2D eigenvalue weighted by atomic mass is 10.2. The van der Waals surface area contributed by atoms with Crippen LogP contribution in [0.1, 0.15) is 0 Å². The van der Waals surface area contributed by atoms with Crippen LogP contribution in [0.15, 0.2) is 30.6 Å². The summed E-state index contributed by atoms with van der Waals surface area (Å²) in [6.07, 6.45) is 2.81. The second-order valence-corrected chi connectivity index (χ2v) is 6.85. The Balaban J connectivity index is 1.87. The second-order valence-electron chi connectivity index (χ2n) is 4.86. The molecule has 0 spiro atoms. The molecule has 1 saturated heterocycles. The van der Waals surface area contributed by atoms with Crippen molar-refractivity contribution in [2.75, 3.05) is 37.3 Å². The third-order valence-electron chi connectivity index (χ3n) is 3.53. The van der Waals surface area contributed by atoms with Crippen LogP contribution in [0, 0.1) is 0 Å². The molecule has 1 aromatic carbocycles. The number of para-hydroxylation sites is 1. The molecule has 6 nitrogen and oxygen atoms in total. The molecule has 2 heterocycles. The van der Waals surface area contributed by atoms with Crippen LogP contribution in [0.5, 0.6) is 0 Å². The highest BCUT2D eigenvalue weighted by Crippen LogP contribution is 2.23. The molecule has 0 saturated carbocycles. The lowest BCUT2D eigenvalue weighted by Gasteiger charge is -2.34. The van der Waals surface area contributed by atoms with Crippen LogP contribution in [0.4, 0.5) is 5.82 Å². The van der Waals surface area contributed by atoms with Crippen molar-refractivity contribution in [2.45, 2.75) is 0 Å². The number of hydrogen-bond donors (Lipinski definition) is 0. The van der Waals surface area contributed by atoms with Crippen molar-refractivity contribution < 1.29 is 8.42 Å². The number of piperazine rings is 1. The Morgan fingerprint density at radius 3 is 2.45 bits per heavy atom. The van der Waals surface area contributed by atoms with Crippen LogP contribution < -0.4 is 4.90 Å². The van der Waals surface area contributed by atoms with Gasteiger partial charge in [-0.25, -0.2) is 18.4 Å². The van der Waals surface area contributed by atoms with Crippen molar-refractivity contribution >= 4 is 26.7 Å². The largest absolute Gasteiger partial charge is 0.353 e. The fourth-order valence-electron chi connectivity index (χ4n) is 2.47. The summed E-state index contributed by atoms with van der Waals surface area (Å²) < 4.78 is 24.6. The molecule has 1 aliphatic rings. The molecule has 0 unspecified atom stereocenters. The van der Waals surface area contributed by atoms with Crippen LogP contribution in [-0.4, -0.2) is 55.1 Å². The number of fused-ring (bicyclic) bond motifs is 1. The predicted octanol–water partition coefficient (Wildman–Crippen LogP) is 0.711. The third-order valence-corrected chi connectivity index (χ3v) is 4.83. The first-order valence-electron chi connectivity index (χ1n) is 6.45. The Bertz CT molecular complexity index is 719. The minimum atomic E-state index is -3.10. The van der Waals surface area contributed by atoms with Gasteiger partial charge in [0.2, 0.25) is 10.0 Å². The Labute approximate surface area is 118 Å². The van der Waals surface area contributed by atoms with E-state index in [9.17, 15) is 8.42 Å². The fourth-order valence-corrected chi connectivity index (χ4v) is 3.30. The van der Waals surface area contributed by atoms with Crippen molar-refractivity contribution in [3.05, 3.63) is 30.6 Å². The summed E-state index contributed by atoms with van der Waals surface area (Å²) in [4.78, 5) is 10.7. The zero-order chi connectivity index (χ0) is 14.2. The van der Waals surface area contributed by atoms with Gasteiger partial charge >= 0.3 is 0 Å². The lowest BCUT2D eigenvalue weighted by molar-refractivity contribution is 0.387. The minimum absolute atomic E-state index is 0.497. The van der Waals surface area contributed by atoms with Crippen molar-refractivity contribution in [2.24, 2.45) is 0 Å². The van der Waals surface area contributed by atoms with E-state index < -0.39 is 10.0 Å². The van der Waals surface area contributed by atoms with Crippen LogP contribution >= 0.6 is 0 Å². The summed E-state index contributed by atoms with van der Waals surface area (Å²) in [6, 6.07) is 7.85. The molecule has 0 amide bonds. The van der Waals surface area contributed by atoms with Crippen LogP contribution in [0.2, 0.25) is 0 Å². The van der Waals surface area contributed by atoms with Gasteiger partial charge in [-0.3, -0.25) is 0 Å². The average Bonchev–Trinajstić information content (AvgIpc) is 2.46. The van der Waals surface area contributed by atoms with E-state index in [2.05, 4.69) is 14.9 Å². The normalized spacial score (nSPS) is 17.6. The number of rotatable bonds is 2. The maximum absolute atomic E-state index is 11.5. The summed E-state index contributed by atoms with van der Waals surface area (Å²) in [5, 5.41) is 1.00. The third kappa shape index (κ3) is 2.46. The van der Waals surface area contributed by atoms with Gasteiger partial charge in [0.05, 0.1) is 11.8 Å². The summed E-state index contributed by atoms with van der Waals surface area (Å²) in [5.74, 6) is 0.878. The van der Waals surface area contributed by atoms with E-state index in [-0.39, 0.29) is 0 Å². The van der Waals surface area contributed by atoms with Crippen molar-refractivity contribution in [1.29, 1.82) is 0 Å². The van der Waals surface area contributed by atoms with Gasteiger partial charge in [-0.05, 0) is 12.1 Å². The lowest BCUT2D eigenvalue weighted by Crippen LogP contribution is -2.48. The monoisotopic (exact) mass is 292 g/mol.